The van der Waals surface area contributed by atoms with E-state index in [1.807, 2.05) is 0 Å². The zero-order chi connectivity index (χ0) is 15.9. The third-order valence-corrected chi connectivity index (χ3v) is 3.26. The molecule has 1 N–H and O–H groups in total. The number of hydrogen-bond acceptors (Lipinski definition) is 3. The van der Waals surface area contributed by atoms with E-state index in [0.29, 0.717) is 11.1 Å². The number of rotatable bonds is 3. The lowest BCUT2D eigenvalue weighted by atomic mass is 10.1. The van der Waals surface area contributed by atoms with Gasteiger partial charge in [-0.25, -0.2) is 0 Å². The van der Waals surface area contributed by atoms with E-state index in [0.717, 1.165) is 10.0 Å². The minimum Gasteiger partial charge on any atom is -0.341 e. The highest BCUT2D eigenvalue weighted by Gasteiger charge is 2.04. The molecule has 1 amide bonds. The zero-order valence-electron chi connectivity index (χ0n) is 11.9. The van der Waals surface area contributed by atoms with E-state index in [2.05, 4.69) is 38.1 Å². The average Bonchev–Trinajstić information content (AvgIpc) is 2.51. The highest BCUT2D eigenvalue weighted by Crippen LogP contribution is 2.09. The summed E-state index contributed by atoms with van der Waals surface area (Å²) in [4.78, 5) is 26.9. The summed E-state index contributed by atoms with van der Waals surface area (Å²) in [6.07, 6.45) is 3.11. The van der Waals surface area contributed by atoms with Crippen LogP contribution in [-0.2, 0) is 0 Å². The number of carbonyl (C=O) groups is 2. The standard InChI is InChI=1S/C17H13BrN2O2/c1-12(21)14-6-4-13(5-7-14)3-2-8-20-17(22)15-9-16(18)11-19-10-15/h4-7,9-11H,8H2,1H3,(H,20,22). The van der Waals surface area contributed by atoms with Crippen molar-refractivity contribution in [3.63, 3.8) is 0 Å². The molecule has 0 aliphatic carbocycles. The molecule has 0 saturated carbocycles. The summed E-state index contributed by atoms with van der Waals surface area (Å²) in [5.41, 5.74) is 1.92. The molecule has 0 aliphatic heterocycles. The van der Waals surface area contributed by atoms with E-state index in [4.69, 9.17) is 0 Å². The van der Waals surface area contributed by atoms with Crippen LogP contribution < -0.4 is 5.32 Å². The number of carbonyl (C=O) groups excluding carboxylic acids is 2. The van der Waals surface area contributed by atoms with Crippen LogP contribution in [0.25, 0.3) is 0 Å². The molecule has 4 nitrogen and oxygen atoms in total. The highest BCUT2D eigenvalue weighted by molar-refractivity contribution is 9.10. The van der Waals surface area contributed by atoms with Crippen LogP contribution in [0.3, 0.4) is 0 Å². The van der Waals surface area contributed by atoms with Gasteiger partial charge in [-0.1, -0.05) is 24.0 Å². The second kappa shape index (κ2) is 7.53. The summed E-state index contributed by atoms with van der Waals surface area (Å²) in [7, 11) is 0. The van der Waals surface area contributed by atoms with Crippen molar-refractivity contribution in [2.75, 3.05) is 6.54 Å². The first kappa shape index (κ1) is 15.9. The Morgan fingerprint density at radius 3 is 2.55 bits per heavy atom. The predicted octanol–water partition coefficient (Wildman–Crippen LogP) is 2.83. The van der Waals surface area contributed by atoms with Gasteiger partial charge in [-0.05, 0) is 41.1 Å². The normalized spacial score (nSPS) is 9.55. The molecular weight excluding hydrogens is 344 g/mol. The van der Waals surface area contributed by atoms with Crippen molar-refractivity contribution >= 4 is 27.6 Å². The minimum absolute atomic E-state index is 0.0226. The van der Waals surface area contributed by atoms with Gasteiger partial charge in [0.2, 0.25) is 0 Å². The molecule has 0 fully saturated rings. The molecule has 2 aromatic rings. The summed E-state index contributed by atoms with van der Waals surface area (Å²) in [6.45, 7) is 1.76. The van der Waals surface area contributed by atoms with Crippen molar-refractivity contribution in [2.24, 2.45) is 0 Å². The molecule has 110 valence electrons. The Bertz CT molecular complexity index is 758. The van der Waals surface area contributed by atoms with Crippen LogP contribution in [-0.4, -0.2) is 23.2 Å². The molecular formula is C17H13BrN2O2. The third kappa shape index (κ3) is 4.54. The van der Waals surface area contributed by atoms with Gasteiger partial charge in [-0.2, -0.15) is 0 Å². The molecule has 0 aliphatic rings. The molecule has 1 aromatic carbocycles. The van der Waals surface area contributed by atoms with E-state index >= 15 is 0 Å². The van der Waals surface area contributed by atoms with Gasteiger partial charge >= 0.3 is 0 Å². The largest absolute Gasteiger partial charge is 0.341 e. The van der Waals surface area contributed by atoms with Crippen LogP contribution in [0.15, 0.2) is 47.2 Å². The Hall–Kier alpha value is -2.45. The summed E-state index contributed by atoms with van der Waals surface area (Å²) in [6, 6.07) is 8.72. The Kier molecular flexibility index (Phi) is 5.45. The number of amides is 1. The van der Waals surface area contributed by atoms with E-state index < -0.39 is 0 Å². The Morgan fingerprint density at radius 2 is 1.91 bits per heavy atom. The third-order valence-electron chi connectivity index (χ3n) is 2.83. The number of nitrogens with one attached hydrogen (secondary N) is 1. The smallest absolute Gasteiger partial charge is 0.253 e. The van der Waals surface area contributed by atoms with Crippen molar-refractivity contribution in [1.82, 2.24) is 10.3 Å². The number of halogens is 1. The van der Waals surface area contributed by atoms with Gasteiger partial charge in [-0.15, -0.1) is 0 Å². The average molecular weight is 357 g/mol. The summed E-state index contributed by atoms with van der Waals surface area (Å²) >= 11 is 3.26. The molecule has 0 atom stereocenters. The maximum Gasteiger partial charge on any atom is 0.253 e. The summed E-state index contributed by atoms with van der Waals surface area (Å²) in [5, 5.41) is 2.70. The lowest BCUT2D eigenvalue weighted by molar-refractivity contribution is 0.0957. The fraction of sp³-hybridized carbons (Fsp3) is 0.118. The number of nitrogens with zero attached hydrogens (tertiary/aromatic N) is 1. The van der Waals surface area contributed by atoms with Crippen molar-refractivity contribution in [3.05, 3.63) is 63.9 Å². The van der Waals surface area contributed by atoms with E-state index in [-0.39, 0.29) is 18.2 Å². The quantitative estimate of drug-likeness (QED) is 0.679. The van der Waals surface area contributed by atoms with Crippen LogP contribution in [0.5, 0.6) is 0 Å². The number of ketones is 1. The van der Waals surface area contributed by atoms with Gasteiger partial charge in [0, 0.05) is 28.0 Å². The van der Waals surface area contributed by atoms with Gasteiger partial charge in [0.1, 0.15) is 0 Å². The van der Waals surface area contributed by atoms with Gasteiger partial charge < -0.3 is 5.32 Å². The number of aromatic nitrogens is 1. The monoisotopic (exact) mass is 356 g/mol. The molecule has 0 unspecified atom stereocenters. The van der Waals surface area contributed by atoms with Crippen LogP contribution >= 0.6 is 15.9 Å². The topological polar surface area (TPSA) is 59.1 Å². The summed E-state index contributed by atoms with van der Waals surface area (Å²) in [5.74, 6) is 5.59. The molecule has 0 saturated heterocycles. The number of benzene rings is 1. The van der Waals surface area contributed by atoms with Crippen LogP contribution in [0.4, 0.5) is 0 Å². The fourth-order valence-corrected chi connectivity index (χ4v) is 2.06. The number of pyridine rings is 1. The Labute approximate surface area is 137 Å². The van der Waals surface area contributed by atoms with E-state index in [1.54, 1.807) is 36.5 Å². The van der Waals surface area contributed by atoms with E-state index in [9.17, 15) is 9.59 Å². The van der Waals surface area contributed by atoms with Gasteiger partial charge in [0.05, 0.1) is 12.1 Å². The fourth-order valence-electron chi connectivity index (χ4n) is 1.70. The zero-order valence-corrected chi connectivity index (χ0v) is 13.5. The Balaban J connectivity index is 1.91. The van der Waals surface area contributed by atoms with Crippen molar-refractivity contribution < 1.29 is 9.59 Å². The number of hydrogen-bond donors (Lipinski definition) is 1. The SMILES string of the molecule is CC(=O)c1ccc(C#CCNC(=O)c2cncc(Br)c2)cc1. The Morgan fingerprint density at radius 1 is 1.18 bits per heavy atom. The van der Waals surface area contributed by atoms with Crippen LogP contribution in [0, 0.1) is 11.8 Å². The molecule has 2 rings (SSSR count). The van der Waals surface area contributed by atoms with Crippen LogP contribution in [0.1, 0.15) is 33.2 Å². The second-order valence-electron chi connectivity index (χ2n) is 4.51. The molecule has 0 radical (unpaired) electrons. The minimum atomic E-state index is -0.227. The maximum atomic E-state index is 11.9. The van der Waals surface area contributed by atoms with Gasteiger partial charge in [-0.3, -0.25) is 14.6 Å². The van der Waals surface area contributed by atoms with Crippen molar-refractivity contribution in [2.45, 2.75) is 6.92 Å². The first-order valence-corrected chi connectivity index (χ1v) is 7.34. The predicted molar refractivity (Wildman–Crippen MR) is 87.6 cm³/mol. The molecule has 5 heteroatoms. The molecule has 1 aromatic heterocycles. The highest BCUT2D eigenvalue weighted by atomic mass is 79.9. The first-order chi connectivity index (χ1) is 10.6. The molecule has 22 heavy (non-hydrogen) atoms. The second-order valence-corrected chi connectivity index (χ2v) is 5.43. The van der Waals surface area contributed by atoms with Gasteiger partial charge in [0.15, 0.2) is 5.78 Å². The maximum absolute atomic E-state index is 11.9. The van der Waals surface area contributed by atoms with Crippen molar-refractivity contribution in [1.29, 1.82) is 0 Å². The van der Waals surface area contributed by atoms with E-state index in [1.165, 1.54) is 13.1 Å². The molecule has 0 bridgehead atoms. The number of Topliss-reactive ketones (excluding diaryl/α,β-unsaturated/α-hetero) is 1. The van der Waals surface area contributed by atoms with Gasteiger partial charge in [0.25, 0.3) is 5.91 Å². The van der Waals surface area contributed by atoms with Crippen LogP contribution in [0.2, 0.25) is 0 Å². The lowest BCUT2D eigenvalue weighted by Crippen LogP contribution is -2.23. The molecule has 1 heterocycles. The first-order valence-electron chi connectivity index (χ1n) is 6.55. The lowest BCUT2D eigenvalue weighted by Gasteiger charge is -2.01. The molecule has 0 spiro atoms. The summed E-state index contributed by atoms with van der Waals surface area (Å²) < 4.78 is 0.747. The van der Waals surface area contributed by atoms with Crippen molar-refractivity contribution in [3.8, 4) is 11.8 Å².